The molecule has 0 atom stereocenters. The van der Waals surface area contributed by atoms with E-state index in [1.54, 1.807) is 0 Å². The molecule has 0 saturated heterocycles. The molecule has 0 aliphatic carbocycles. The summed E-state index contributed by atoms with van der Waals surface area (Å²) < 4.78 is 49.4. The van der Waals surface area contributed by atoms with Gasteiger partial charge in [-0.1, -0.05) is 0 Å². The van der Waals surface area contributed by atoms with Crippen LogP contribution in [0.2, 0.25) is 0 Å². The van der Waals surface area contributed by atoms with Crippen molar-refractivity contribution in [2.24, 2.45) is 0 Å². The Balaban J connectivity index is -0.0000000417. The first-order valence-electron chi connectivity index (χ1n) is 1.09. The number of halogens is 5. The van der Waals surface area contributed by atoms with Gasteiger partial charge in [-0.05, 0) is 0 Å². The maximum atomic E-state index is 9.88. The molecule has 0 radical (unpaired) electrons. The van der Waals surface area contributed by atoms with E-state index in [9.17, 15) is 17.6 Å². The van der Waals surface area contributed by atoms with Gasteiger partial charge in [0.05, 0.1) is 0 Å². The normalized spacial score (nSPS) is 12.8. The van der Waals surface area contributed by atoms with Gasteiger partial charge in [-0.2, -0.15) is 0 Å². The Labute approximate surface area is 136 Å². The molecule has 0 fully saturated rings. The van der Waals surface area contributed by atoms with E-state index >= 15 is 0 Å². The minimum Gasteiger partial charge on any atom is 1.00 e. The van der Waals surface area contributed by atoms with Crippen LogP contribution < -0.4 is 103 Å². The summed E-state index contributed by atoms with van der Waals surface area (Å²) in [5.74, 6) is 0. The molecule has 1 nitrogen and oxygen atoms in total. The predicted octanol–water partition coefficient (Wildman–Crippen LogP) is -5.10. The average Bonchev–Trinajstić information content (AvgIpc) is 0.650. The number of hydrogen-bond acceptors (Lipinski definition) is 0. The predicted molar refractivity (Wildman–Crippen MR) is 14.9 cm³/mol. The Morgan fingerprint density at radius 2 is 0.667 bits per heavy atom. The monoisotopic (exact) mass is 218 g/mol. The Kier molecular flexibility index (Phi) is 17.5. The van der Waals surface area contributed by atoms with Crippen LogP contribution >= 0.6 is 0 Å². The summed E-state index contributed by atoms with van der Waals surface area (Å²) in [6.07, 6.45) is 0. The quantitative estimate of drug-likeness (QED) is 0.288. The third kappa shape index (κ3) is 86.8. The van der Waals surface area contributed by atoms with E-state index in [0.29, 0.717) is 0 Å². The SMILES string of the molecule is O.[F][Al-2]([F])([F])([F])[F].[K+].[K+]. The van der Waals surface area contributed by atoms with E-state index < -0.39 is 14.3 Å². The summed E-state index contributed by atoms with van der Waals surface area (Å²) in [6.45, 7) is 0. The molecule has 0 heterocycles. The largest absolute Gasteiger partial charge is 1.00 e. The van der Waals surface area contributed by atoms with Crippen LogP contribution in [-0.2, 0) is 0 Å². The van der Waals surface area contributed by atoms with Crippen molar-refractivity contribution >= 4 is 14.3 Å². The van der Waals surface area contributed by atoms with E-state index in [1.165, 1.54) is 0 Å². The van der Waals surface area contributed by atoms with Gasteiger partial charge in [-0.15, -0.1) is 0 Å². The molecule has 9 heteroatoms. The summed E-state index contributed by atoms with van der Waals surface area (Å²) in [5.41, 5.74) is 0. The Morgan fingerprint density at radius 3 is 0.667 bits per heavy atom. The van der Waals surface area contributed by atoms with E-state index in [2.05, 4.69) is 0 Å². The molecule has 0 aromatic heterocycles. The van der Waals surface area contributed by atoms with E-state index in [-0.39, 0.29) is 108 Å². The minimum absolute atomic E-state index is 0. The van der Waals surface area contributed by atoms with Crippen LogP contribution in [0.4, 0.5) is 17.6 Å². The maximum Gasteiger partial charge on any atom is 1.00 e. The molecule has 0 aromatic carbocycles. The summed E-state index contributed by atoms with van der Waals surface area (Å²) in [7, 11) is 0. The topological polar surface area (TPSA) is 31.5 Å². The minimum atomic E-state index is -8.95. The van der Waals surface area contributed by atoms with Gasteiger partial charge in [0.1, 0.15) is 0 Å². The molecule has 0 unspecified atom stereocenters. The zero-order valence-electron chi connectivity index (χ0n) is 4.97. The first-order valence-corrected chi connectivity index (χ1v) is 3.27. The molecule has 0 aliphatic heterocycles. The van der Waals surface area contributed by atoms with Gasteiger partial charge in [0.15, 0.2) is 0 Å². The maximum absolute atomic E-state index is 9.88. The molecule has 2 N–H and O–H groups in total. The summed E-state index contributed by atoms with van der Waals surface area (Å²) in [4.78, 5) is 0. The van der Waals surface area contributed by atoms with Crippen molar-refractivity contribution < 1.29 is 126 Å². The molecule has 0 bridgehead atoms. The van der Waals surface area contributed by atoms with Crippen LogP contribution in [0, 0.1) is 0 Å². The van der Waals surface area contributed by atoms with Crippen molar-refractivity contribution in [2.45, 2.75) is 0 Å². The van der Waals surface area contributed by atoms with Gasteiger partial charge in [-0.25, -0.2) is 0 Å². The number of rotatable bonds is 0. The van der Waals surface area contributed by atoms with Gasteiger partial charge in [0.25, 0.3) is 0 Å². The van der Waals surface area contributed by atoms with Crippen molar-refractivity contribution in [3.63, 3.8) is 0 Å². The van der Waals surface area contributed by atoms with Gasteiger partial charge in [0.2, 0.25) is 0 Å². The van der Waals surface area contributed by atoms with Gasteiger partial charge < -0.3 is 5.48 Å². The van der Waals surface area contributed by atoms with Crippen LogP contribution in [0.5, 0.6) is 0 Å². The Bertz CT molecular complexity index is 48.1. The fourth-order valence-electron chi connectivity index (χ4n) is 0. The van der Waals surface area contributed by atoms with E-state index in [1.807, 2.05) is 0 Å². The van der Waals surface area contributed by atoms with Gasteiger partial charge in [0, 0.05) is 0 Å². The molecule has 9 heavy (non-hydrogen) atoms. The molecular weight excluding hydrogens is 216 g/mol. The fraction of sp³-hybridized carbons (Fsp3) is 0. The molecule has 0 saturated carbocycles. The summed E-state index contributed by atoms with van der Waals surface area (Å²) in [6, 6.07) is 0. The second-order valence-corrected chi connectivity index (χ2v) is 2.47. The van der Waals surface area contributed by atoms with Crippen molar-refractivity contribution in [3.05, 3.63) is 0 Å². The van der Waals surface area contributed by atoms with Crippen LogP contribution in [0.1, 0.15) is 0 Å². The second kappa shape index (κ2) is 6.88. The third-order valence-electron chi connectivity index (χ3n) is 0. The molecule has 0 amide bonds. The molecule has 0 rings (SSSR count). The second-order valence-electron chi connectivity index (χ2n) is 0.825. The van der Waals surface area contributed by atoms with Crippen LogP contribution in [-0.4, -0.2) is 19.8 Å². The molecule has 0 spiro atoms. The standard InChI is InChI=1S/Al.5FH.2K.H2O/h;5*1H;;;1H2/q+3;;;;;;2*+1;/p-5. The summed E-state index contributed by atoms with van der Waals surface area (Å²) in [5, 5.41) is 0. The zero-order chi connectivity index (χ0) is 5.45. The van der Waals surface area contributed by atoms with E-state index in [4.69, 9.17) is 0 Å². The van der Waals surface area contributed by atoms with Gasteiger partial charge in [-0.3, -0.25) is 0 Å². The Morgan fingerprint density at radius 1 is 0.667 bits per heavy atom. The average molecular weight is 218 g/mol. The van der Waals surface area contributed by atoms with Gasteiger partial charge >= 0.3 is 135 Å². The first kappa shape index (κ1) is 22.8. The van der Waals surface area contributed by atoms with Crippen LogP contribution in [0.3, 0.4) is 0 Å². The van der Waals surface area contributed by atoms with Crippen LogP contribution in [0.25, 0.3) is 0 Å². The Hall–Kier alpha value is 3.42. The molecule has 0 aromatic rings. The van der Waals surface area contributed by atoms with Crippen molar-refractivity contribution in [2.75, 3.05) is 0 Å². The molecule has 48 valence electrons. The van der Waals surface area contributed by atoms with Crippen LogP contribution in [0.15, 0.2) is 0 Å². The molecular formula is H2AlF5K2O. The summed E-state index contributed by atoms with van der Waals surface area (Å²) >= 11 is -8.95. The zero-order valence-corrected chi connectivity index (χ0v) is 12.4. The molecule has 0 aliphatic rings. The number of hydrogen-bond donors (Lipinski definition) is 0. The third-order valence-corrected chi connectivity index (χ3v) is 0. The fourth-order valence-corrected chi connectivity index (χ4v) is 0. The van der Waals surface area contributed by atoms with Crippen molar-refractivity contribution in [3.8, 4) is 0 Å². The van der Waals surface area contributed by atoms with Crippen molar-refractivity contribution in [1.29, 1.82) is 0 Å². The van der Waals surface area contributed by atoms with E-state index in [0.717, 1.165) is 0 Å². The smallest absolute Gasteiger partial charge is 1.00 e. The van der Waals surface area contributed by atoms with Crippen molar-refractivity contribution in [1.82, 2.24) is 0 Å². The first-order chi connectivity index (χ1) is 2.24.